The average molecular weight is 609 g/mol. The Labute approximate surface area is 261 Å². The number of aliphatic hydroxyl groups excluding tert-OH is 1. The highest BCUT2D eigenvalue weighted by atomic mass is 16.3. The summed E-state index contributed by atoms with van der Waals surface area (Å²) < 4.78 is 1.72. The molecule has 0 radical (unpaired) electrons. The molecule has 0 saturated heterocycles. The van der Waals surface area contributed by atoms with Gasteiger partial charge in [0.1, 0.15) is 24.6 Å². The number of hydrogen-bond acceptors (Lipinski definition) is 9. The summed E-state index contributed by atoms with van der Waals surface area (Å²) in [6.45, 7) is 9.79. The minimum atomic E-state index is -1.05. The summed E-state index contributed by atoms with van der Waals surface area (Å²) in [6.07, 6.45) is 6.79. The van der Waals surface area contributed by atoms with Crippen molar-refractivity contribution in [1.82, 2.24) is 19.7 Å². The zero-order chi connectivity index (χ0) is 33.1. The van der Waals surface area contributed by atoms with Crippen LogP contribution in [0.3, 0.4) is 0 Å². The molecule has 5 rings (SSSR count). The van der Waals surface area contributed by atoms with Crippen molar-refractivity contribution in [2.45, 2.75) is 70.7 Å². The number of amides is 2. The summed E-state index contributed by atoms with van der Waals surface area (Å²) in [4.78, 5) is 28.9. The molecular formula is C33H36N8O4. The molecule has 2 amide bonds. The first kappa shape index (κ1) is 32.5. The molecule has 2 aromatic carbocycles. The minimum Gasteiger partial charge on any atom is -0.505 e. The lowest BCUT2D eigenvalue weighted by Gasteiger charge is -2.24. The van der Waals surface area contributed by atoms with Crippen LogP contribution in [0.15, 0.2) is 66.9 Å². The van der Waals surface area contributed by atoms with Gasteiger partial charge in [-0.2, -0.15) is 15.6 Å². The number of aromatic hydroxyl groups is 1. The molecule has 0 fully saturated rings. The number of nitrogens with two attached hydrogens (primary N) is 1. The van der Waals surface area contributed by atoms with Crippen LogP contribution in [0, 0.1) is 29.6 Å². The van der Waals surface area contributed by atoms with E-state index < -0.39 is 29.0 Å². The number of phenols is 1. The van der Waals surface area contributed by atoms with Crippen molar-refractivity contribution in [3.05, 3.63) is 94.7 Å². The number of anilines is 1. The smallest absolute Gasteiger partial charge is 0.260 e. The summed E-state index contributed by atoms with van der Waals surface area (Å²) in [7, 11) is 0. The number of nitriles is 2. The maximum atomic E-state index is 12.7. The third-order valence-corrected chi connectivity index (χ3v) is 7.88. The van der Waals surface area contributed by atoms with Gasteiger partial charge in [-0.1, -0.05) is 30.3 Å². The van der Waals surface area contributed by atoms with E-state index in [2.05, 4.69) is 27.5 Å². The minimum absolute atomic E-state index is 0.0473. The number of rotatable bonds is 6. The van der Waals surface area contributed by atoms with Gasteiger partial charge in [-0.15, -0.1) is 0 Å². The van der Waals surface area contributed by atoms with Crippen molar-refractivity contribution in [2.75, 3.05) is 5.32 Å². The largest absolute Gasteiger partial charge is 0.505 e. The van der Waals surface area contributed by atoms with E-state index in [-0.39, 0.29) is 22.9 Å². The van der Waals surface area contributed by atoms with E-state index in [1.165, 1.54) is 23.4 Å². The molecule has 3 aromatic rings. The Bertz CT molecular complexity index is 1720. The van der Waals surface area contributed by atoms with E-state index in [4.69, 9.17) is 5.73 Å². The van der Waals surface area contributed by atoms with Crippen LogP contribution in [-0.2, 0) is 22.2 Å². The van der Waals surface area contributed by atoms with Crippen LogP contribution in [-0.4, -0.2) is 54.0 Å². The molecule has 2 atom stereocenters. The van der Waals surface area contributed by atoms with Crippen molar-refractivity contribution in [3.8, 4) is 17.9 Å². The standard InChI is InChI=1S/C17H19N5.C16H17N3O4/c1-16(2,9-18)14-5-13(8-22-12-20-11-21-22)6-15(7-14)17(3,4)10-19;1-8-2-4-10-13(14(8)21)18-15(22)11-6-9(3-5-12(17)20)7-19(11)16(10)23/h5-7,11-12H,8H2,1-4H3;2-5,7,11,15,18,21-22H,6H2,1H3,(H2,17,20)/b;5-3+/t;11-,15-/m.0/s1. The zero-order valence-corrected chi connectivity index (χ0v) is 25.8. The molecule has 5 N–H and O–H groups in total. The first-order chi connectivity index (χ1) is 21.2. The predicted octanol–water partition coefficient (Wildman–Crippen LogP) is 3.51. The van der Waals surface area contributed by atoms with Crippen LogP contribution < -0.4 is 11.1 Å². The van der Waals surface area contributed by atoms with Gasteiger partial charge < -0.3 is 26.2 Å². The zero-order valence-electron chi connectivity index (χ0n) is 25.8. The summed E-state index contributed by atoms with van der Waals surface area (Å²) in [5, 5.41) is 46.2. The molecule has 2 aliphatic heterocycles. The number of nitrogens with zero attached hydrogens (tertiary/aromatic N) is 6. The number of phenolic OH excluding ortho intramolecular Hbond substituents is 1. The van der Waals surface area contributed by atoms with Crippen LogP contribution in [0.4, 0.5) is 5.69 Å². The van der Waals surface area contributed by atoms with Gasteiger partial charge in [0.25, 0.3) is 5.91 Å². The Kier molecular flexibility index (Phi) is 9.12. The Balaban J connectivity index is 0.000000205. The topological polar surface area (TPSA) is 194 Å². The Morgan fingerprint density at radius 3 is 2.36 bits per heavy atom. The lowest BCUT2D eigenvalue weighted by Crippen LogP contribution is -2.42. The van der Waals surface area contributed by atoms with Crippen LogP contribution >= 0.6 is 0 Å². The molecule has 0 aliphatic carbocycles. The Hall–Kier alpha value is -5.46. The number of aryl methyl sites for hydroxylation is 1. The lowest BCUT2D eigenvalue weighted by molar-refractivity contribution is -0.113. The molecule has 0 bridgehead atoms. The lowest BCUT2D eigenvalue weighted by atomic mass is 9.79. The number of carbonyl (C=O) groups excluding carboxylic acids is 2. The van der Waals surface area contributed by atoms with Crippen LogP contribution in [0.5, 0.6) is 5.75 Å². The Morgan fingerprint density at radius 2 is 1.80 bits per heavy atom. The number of carbonyl (C=O) groups is 2. The van der Waals surface area contributed by atoms with Crippen molar-refractivity contribution in [2.24, 2.45) is 5.73 Å². The second-order valence-corrected chi connectivity index (χ2v) is 12.2. The van der Waals surface area contributed by atoms with Gasteiger partial charge in [-0.3, -0.25) is 9.59 Å². The molecule has 0 unspecified atom stereocenters. The summed E-state index contributed by atoms with van der Waals surface area (Å²) >= 11 is 0. The monoisotopic (exact) mass is 608 g/mol. The fourth-order valence-corrected chi connectivity index (χ4v) is 4.98. The number of fused-ring (bicyclic) bond motifs is 2. The van der Waals surface area contributed by atoms with Gasteiger partial charge in [0, 0.05) is 12.3 Å². The van der Waals surface area contributed by atoms with E-state index in [9.17, 15) is 30.3 Å². The highest BCUT2D eigenvalue weighted by molar-refractivity contribution is 6.03. The van der Waals surface area contributed by atoms with Gasteiger partial charge in [0.2, 0.25) is 5.91 Å². The number of nitrogens with one attached hydrogen (secondary N) is 1. The van der Waals surface area contributed by atoms with Crippen LogP contribution in [0.1, 0.15) is 66.7 Å². The number of primary amides is 1. The number of benzene rings is 2. The maximum Gasteiger partial charge on any atom is 0.260 e. The molecule has 2 aliphatic rings. The van der Waals surface area contributed by atoms with E-state index in [0.717, 1.165) is 16.7 Å². The number of allylic oxidation sites excluding steroid dienone is 1. The maximum absolute atomic E-state index is 12.7. The average Bonchev–Trinajstić information content (AvgIpc) is 3.67. The molecule has 3 heterocycles. The van der Waals surface area contributed by atoms with Gasteiger partial charge >= 0.3 is 0 Å². The molecular weight excluding hydrogens is 572 g/mol. The fraction of sp³-hybridized carbons (Fsp3) is 0.333. The van der Waals surface area contributed by atoms with Gasteiger partial charge in [0.05, 0.1) is 46.8 Å². The highest BCUT2D eigenvalue weighted by Gasteiger charge is 2.39. The number of aromatic nitrogens is 3. The van der Waals surface area contributed by atoms with Gasteiger partial charge in [0.15, 0.2) is 0 Å². The third kappa shape index (κ3) is 7.03. The summed E-state index contributed by atoms with van der Waals surface area (Å²) in [5.74, 6) is -0.954. The Morgan fingerprint density at radius 1 is 1.16 bits per heavy atom. The first-order valence-electron chi connectivity index (χ1n) is 14.2. The third-order valence-electron chi connectivity index (χ3n) is 7.88. The molecule has 12 nitrogen and oxygen atoms in total. The summed E-state index contributed by atoms with van der Waals surface area (Å²) in [6, 6.07) is 13.3. The van der Waals surface area contributed by atoms with Crippen LogP contribution in [0.2, 0.25) is 0 Å². The van der Waals surface area contributed by atoms with Crippen LogP contribution in [0.25, 0.3) is 0 Å². The SMILES string of the molecule is CC(C)(C#N)c1cc(Cn2cncn2)cc(C(C)(C)C#N)c1.Cc1ccc2c(c1O)N[C@@H](O)[C@@H]1CC(/C=C/C(N)=O)=CN1C2=O. The quantitative estimate of drug-likeness (QED) is 0.239. The van der Waals surface area contributed by atoms with E-state index in [0.29, 0.717) is 24.1 Å². The van der Waals surface area contributed by atoms with E-state index in [1.54, 1.807) is 36.3 Å². The molecule has 0 saturated carbocycles. The number of hydrogen-bond donors (Lipinski definition) is 4. The normalized spacial score (nSPS) is 17.6. The van der Waals surface area contributed by atoms with Crippen molar-refractivity contribution in [1.29, 1.82) is 10.5 Å². The second-order valence-electron chi connectivity index (χ2n) is 12.2. The summed E-state index contributed by atoms with van der Waals surface area (Å²) in [5.41, 5.74) is 8.50. The molecule has 1 aromatic heterocycles. The van der Waals surface area contributed by atoms with Crippen molar-refractivity contribution >= 4 is 17.5 Å². The molecule has 232 valence electrons. The van der Waals surface area contributed by atoms with Gasteiger partial charge in [-0.05, 0) is 74.9 Å². The molecule has 0 spiro atoms. The van der Waals surface area contributed by atoms with Crippen molar-refractivity contribution in [3.63, 3.8) is 0 Å². The number of aliphatic hydroxyl groups is 1. The predicted molar refractivity (Wildman–Crippen MR) is 166 cm³/mol. The fourth-order valence-electron chi connectivity index (χ4n) is 4.98. The highest BCUT2D eigenvalue weighted by Crippen LogP contribution is 2.38. The van der Waals surface area contributed by atoms with Crippen molar-refractivity contribution < 1.29 is 19.8 Å². The first-order valence-corrected chi connectivity index (χ1v) is 14.2. The van der Waals surface area contributed by atoms with E-state index >= 15 is 0 Å². The van der Waals surface area contributed by atoms with Gasteiger partial charge in [-0.25, -0.2) is 9.67 Å². The molecule has 45 heavy (non-hydrogen) atoms. The molecule has 12 heteroatoms. The second kappa shape index (κ2) is 12.6. The van der Waals surface area contributed by atoms with E-state index in [1.807, 2.05) is 45.9 Å².